The lowest BCUT2D eigenvalue weighted by Crippen LogP contribution is -2.19. The lowest BCUT2D eigenvalue weighted by molar-refractivity contribution is -0.385. The van der Waals surface area contributed by atoms with Gasteiger partial charge in [0.15, 0.2) is 5.82 Å². The summed E-state index contributed by atoms with van der Waals surface area (Å²) in [6.45, 7) is 0. The van der Waals surface area contributed by atoms with E-state index in [0.717, 1.165) is 0 Å². The summed E-state index contributed by atoms with van der Waals surface area (Å²) in [6.07, 6.45) is 1.38. The number of methoxy groups -OCH3 is 1. The van der Waals surface area contributed by atoms with E-state index in [4.69, 9.17) is 4.74 Å². The molecule has 0 saturated carbocycles. The average molecular weight is 317 g/mol. The number of hydrogen-bond acceptors (Lipinski definition) is 7. The number of nitro benzene ring substituents is 1. The first-order valence-electron chi connectivity index (χ1n) is 6.57. The van der Waals surface area contributed by atoms with Gasteiger partial charge in [0.25, 0.3) is 11.6 Å². The second-order valence-corrected chi connectivity index (χ2v) is 4.72. The molecule has 9 heteroatoms. The zero-order chi connectivity index (χ0) is 17.0. The highest BCUT2D eigenvalue weighted by Crippen LogP contribution is 2.25. The van der Waals surface area contributed by atoms with E-state index in [1.807, 2.05) is 0 Å². The number of para-hydroxylation sites is 1. The van der Waals surface area contributed by atoms with E-state index in [-0.39, 0.29) is 17.3 Å². The Hall–Kier alpha value is -3.23. The molecular weight excluding hydrogens is 302 g/mol. The number of anilines is 2. The maximum absolute atomic E-state index is 12.3. The summed E-state index contributed by atoms with van der Waals surface area (Å²) < 4.78 is 4.95. The van der Waals surface area contributed by atoms with Crippen molar-refractivity contribution >= 4 is 23.1 Å². The Morgan fingerprint density at radius 2 is 2.04 bits per heavy atom. The van der Waals surface area contributed by atoms with Gasteiger partial charge in [0.2, 0.25) is 0 Å². The molecule has 0 aliphatic rings. The number of ether oxygens (including phenoxy) is 1. The normalized spacial score (nSPS) is 10.0. The maximum atomic E-state index is 12.3. The third-order valence-corrected chi connectivity index (χ3v) is 2.95. The monoisotopic (exact) mass is 317 g/mol. The van der Waals surface area contributed by atoms with Crippen LogP contribution in [0.5, 0.6) is 6.01 Å². The van der Waals surface area contributed by atoms with E-state index in [1.54, 1.807) is 25.1 Å². The summed E-state index contributed by atoms with van der Waals surface area (Å²) in [6, 6.07) is 5.85. The van der Waals surface area contributed by atoms with Crippen molar-refractivity contribution in [3.63, 3.8) is 0 Å². The van der Waals surface area contributed by atoms with Crippen LogP contribution >= 0.6 is 0 Å². The van der Waals surface area contributed by atoms with Crippen LogP contribution in [0.15, 0.2) is 30.5 Å². The van der Waals surface area contributed by atoms with Gasteiger partial charge >= 0.3 is 6.01 Å². The van der Waals surface area contributed by atoms with Crippen molar-refractivity contribution in [2.24, 2.45) is 0 Å². The molecule has 0 aliphatic heterocycles. The zero-order valence-electron chi connectivity index (χ0n) is 12.8. The summed E-state index contributed by atoms with van der Waals surface area (Å²) in [5.74, 6) is -0.196. The van der Waals surface area contributed by atoms with Gasteiger partial charge in [-0.1, -0.05) is 12.1 Å². The van der Waals surface area contributed by atoms with Crippen LogP contribution in [-0.2, 0) is 0 Å². The van der Waals surface area contributed by atoms with Crippen LogP contribution in [0, 0.1) is 10.1 Å². The topological polar surface area (TPSA) is 110 Å². The van der Waals surface area contributed by atoms with E-state index in [1.165, 1.54) is 31.5 Å². The van der Waals surface area contributed by atoms with Crippen molar-refractivity contribution in [1.29, 1.82) is 0 Å². The van der Waals surface area contributed by atoms with Gasteiger partial charge in [0.1, 0.15) is 11.3 Å². The van der Waals surface area contributed by atoms with Crippen molar-refractivity contribution in [1.82, 2.24) is 9.97 Å². The number of hydrogen-bond donors (Lipinski definition) is 1. The second-order valence-electron chi connectivity index (χ2n) is 4.72. The second kappa shape index (κ2) is 6.69. The smallest absolute Gasteiger partial charge is 0.318 e. The van der Waals surface area contributed by atoms with Gasteiger partial charge < -0.3 is 15.0 Å². The fraction of sp³-hybridized carbons (Fsp3) is 0.214. The number of nitro groups is 1. The summed E-state index contributed by atoms with van der Waals surface area (Å²) >= 11 is 0. The van der Waals surface area contributed by atoms with Crippen molar-refractivity contribution < 1.29 is 14.5 Å². The minimum Gasteiger partial charge on any atom is -0.467 e. The fourth-order valence-electron chi connectivity index (χ4n) is 1.90. The molecule has 1 aromatic carbocycles. The largest absolute Gasteiger partial charge is 0.467 e. The number of amides is 1. The van der Waals surface area contributed by atoms with Crippen LogP contribution in [-0.4, -0.2) is 42.0 Å². The summed E-state index contributed by atoms with van der Waals surface area (Å²) in [7, 11) is 4.91. The Kier molecular flexibility index (Phi) is 4.69. The number of carbonyl (C=O) groups excluding carboxylic acids is 1. The number of aromatic nitrogens is 2. The third kappa shape index (κ3) is 3.51. The van der Waals surface area contributed by atoms with Crippen LogP contribution in [0.4, 0.5) is 17.2 Å². The first kappa shape index (κ1) is 16.1. The molecular formula is C14H15N5O4. The third-order valence-electron chi connectivity index (χ3n) is 2.95. The standard InChI is InChI=1S/C14H15N5O4/c1-18(2)12-10(8-15-14(17-12)23-3)16-13(20)9-6-4-5-7-11(9)19(21)22/h4-8H,1-3H3,(H,16,20). The van der Waals surface area contributed by atoms with Crippen molar-refractivity contribution in [2.75, 3.05) is 31.4 Å². The molecule has 120 valence electrons. The Morgan fingerprint density at radius 3 is 2.65 bits per heavy atom. The maximum Gasteiger partial charge on any atom is 0.318 e. The number of rotatable bonds is 5. The molecule has 2 aromatic rings. The molecule has 0 radical (unpaired) electrons. The highest BCUT2D eigenvalue weighted by Gasteiger charge is 2.21. The molecule has 0 fully saturated rings. The van der Waals surface area contributed by atoms with Crippen LogP contribution in [0.1, 0.15) is 10.4 Å². The molecule has 0 saturated heterocycles. The Balaban J connectivity index is 2.36. The molecule has 0 aliphatic carbocycles. The molecule has 1 aromatic heterocycles. The fourth-order valence-corrected chi connectivity index (χ4v) is 1.90. The summed E-state index contributed by atoms with van der Waals surface area (Å²) in [5.41, 5.74) is 0.00260. The SMILES string of the molecule is COc1ncc(NC(=O)c2ccccc2[N+](=O)[O-])c(N(C)C)n1. The van der Waals surface area contributed by atoms with E-state index in [2.05, 4.69) is 15.3 Å². The lowest BCUT2D eigenvalue weighted by atomic mass is 10.1. The van der Waals surface area contributed by atoms with Crippen LogP contribution in [0.25, 0.3) is 0 Å². The summed E-state index contributed by atoms with van der Waals surface area (Å²) in [5, 5.41) is 13.6. The van der Waals surface area contributed by atoms with E-state index in [0.29, 0.717) is 11.5 Å². The molecule has 1 amide bonds. The molecule has 1 heterocycles. The minimum atomic E-state index is -0.617. The van der Waals surface area contributed by atoms with Gasteiger partial charge in [0.05, 0.1) is 18.2 Å². The van der Waals surface area contributed by atoms with Crippen LogP contribution in [0.3, 0.4) is 0 Å². The van der Waals surface area contributed by atoms with E-state index < -0.39 is 10.8 Å². The molecule has 1 N–H and O–H groups in total. The molecule has 2 rings (SSSR count). The predicted molar refractivity (Wildman–Crippen MR) is 84.0 cm³/mol. The van der Waals surface area contributed by atoms with Crippen molar-refractivity contribution in [2.45, 2.75) is 0 Å². The molecule has 0 spiro atoms. The Labute approximate surface area is 132 Å². The highest BCUT2D eigenvalue weighted by molar-refractivity contribution is 6.08. The first-order chi connectivity index (χ1) is 10.9. The average Bonchev–Trinajstić information content (AvgIpc) is 2.54. The van der Waals surface area contributed by atoms with Gasteiger partial charge in [0, 0.05) is 20.2 Å². The van der Waals surface area contributed by atoms with Crippen LogP contribution < -0.4 is 15.0 Å². The summed E-state index contributed by atoms with van der Waals surface area (Å²) in [4.78, 5) is 32.5. The van der Waals surface area contributed by atoms with Gasteiger partial charge in [-0.25, -0.2) is 4.98 Å². The molecule has 0 bridgehead atoms. The molecule has 9 nitrogen and oxygen atoms in total. The number of benzene rings is 1. The zero-order valence-corrected chi connectivity index (χ0v) is 12.8. The van der Waals surface area contributed by atoms with E-state index >= 15 is 0 Å². The van der Waals surface area contributed by atoms with Gasteiger partial charge in [-0.3, -0.25) is 14.9 Å². The van der Waals surface area contributed by atoms with Gasteiger partial charge in [-0.05, 0) is 6.07 Å². The molecule has 0 unspecified atom stereocenters. The number of nitrogens with one attached hydrogen (secondary N) is 1. The molecule has 0 atom stereocenters. The van der Waals surface area contributed by atoms with Crippen LogP contribution in [0.2, 0.25) is 0 Å². The number of nitrogens with zero attached hydrogens (tertiary/aromatic N) is 4. The Bertz CT molecular complexity index is 748. The quantitative estimate of drug-likeness (QED) is 0.660. The van der Waals surface area contributed by atoms with E-state index in [9.17, 15) is 14.9 Å². The molecule has 23 heavy (non-hydrogen) atoms. The van der Waals surface area contributed by atoms with Crippen molar-refractivity contribution in [3.05, 3.63) is 46.1 Å². The lowest BCUT2D eigenvalue weighted by Gasteiger charge is -2.16. The Morgan fingerprint density at radius 1 is 1.35 bits per heavy atom. The first-order valence-corrected chi connectivity index (χ1v) is 6.57. The predicted octanol–water partition coefficient (Wildman–Crippen LogP) is 1.71. The van der Waals surface area contributed by atoms with Crippen molar-refractivity contribution in [3.8, 4) is 6.01 Å². The van der Waals surface area contributed by atoms with Gasteiger partial charge in [-0.15, -0.1) is 0 Å². The highest BCUT2D eigenvalue weighted by atomic mass is 16.6. The number of carbonyl (C=O) groups is 1. The van der Waals surface area contributed by atoms with Gasteiger partial charge in [-0.2, -0.15) is 4.98 Å². The minimum absolute atomic E-state index is 0.0435.